The summed E-state index contributed by atoms with van der Waals surface area (Å²) in [5.74, 6) is 0.742. The zero-order chi connectivity index (χ0) is 17.0. The molecule has 2 N–H and O–H groups in total. The number of hydrogen-bond acceptors (Lipinski definition) is 4. The van der Waals surface area contributed by atoms with Gasteiger partial charge in [-0.2, -0.15) is 0 Å². The summed E-state index contributed by atoms with van der Waals surface area (Å²) >= 11 is 0. The number of ether oxygens (including phenoxy) is 1. The molecule has 0 aromatic carbocycles. The molecule has 0 aliphatic carbocycles. The normalized spacial score (nSPS) is 10.7. The molecule has 2 heterocycles. The van der Waals surface area contributed by atoms with E-state index in [0.717, 1.165) is 46.8 Å². The van der Waals surface area contributed by atoms with Crippen molar-refractivity contribution in [3.63, 3.8) is 0 Å². The predicted octanol–water partition coefficient (Wildman–Crippen LogP) is 3.13. The minimum atomic E-state index is -0.110. The fraction of sp³-hybridized carbons (Fsp3) is 0.444. The molecule has 2 aromatic rings. The summed E-state index contributed by atoms with van der Waals surface area (Å²) in [5.41, 5.74) is 5.49. The van der Waals surface area contributed by atoms with E-state index in [0.29, 0.717) is 12.2 Å². The first-order chi connectivity index (χ1) is 11.0. The van der Waals surface area contributed by atoms with Crippen LogP contribution in [0.4, 0.5) is 5.69 Å². The molecule has 0 bridgehead atoms. The number of methoxy groups -OCH3 is 1. The molecule has 0 atom stereocenters. The molecule has 5 heteroatoms. The molecule has 2 rings (SSSR count). The van der Waals surface area contributed by atoms with Gasteiger partial charge in [-0.15, -0.1) is 0 Å². The number of aromatic nitrogens is 2. The number of pyridine rings is 2. The Kier molecular flexibility index (Phi) is 5.42. The van der Waals surface area contributed by atoms with E-state index in [2.05, 4.69) is 29.1 Å². The van der Waals surface area contributed by atoms with Gasteiger partial charge in [-0.05, 0) is 49.9 Å². The van der Waals surface area contributed by atoms with E-state index in [4.69, 9.17) is 4.74 Å². The molecule has 0 unspecified atom stereocenters. The van der Waals surface area contributed by atoms with Crippen LogP contribution in [-0.4, -0.2) is 17.1 Å². The molecule has 0 spiro atoms. The number of rotatable bonds is 6. The Morgan fingerprint density at radius 1 is 1.17 bits per heavy atom. The minimum absolute atomic E-state index is 0.110. The molecular weight excluding hydrogens is 290 g/mol. The average Bonchev–Trinajstić information content (AvgIpc) is 2.54. The van der Waals surface area contributed by atoms with Gasteiger partial charge in [0.25, 0.3) is 5.56 Å². The molecule has 2 aromatic heterocycles. The van der Waals surface area contributed by atoms with Crippen molar-refractivity contribution in [1.82, 2.24) is 9.97 Å². The van der Waals surface area contributed by atoms with E-state index in [1.54, 1.807) is 7.11 Å². The summed E-state index contributed by atoms with van der Waals surface area (Å²) in [7, 11) is 1.64. The lowest BCUT2D eigenvalue weighted by Gasteiger charge is -2.14. The summed E-state index contributed by atoms with van der Waals surface area (Å²) in [4.78, 5) is 19.6. The predicted molar refractivity (Wildman–Crippen MR) is 93.4 cm³/mol. The van der Waals surface area contributed by atoms with Gasteiger partial charge in [0.1, 0.15) is 17.1 Å². The summed E-state index contributed by atoms with van der Waals surface area (Å²) in [5, 5.41) is 3.19. The van der Waals surface area contributed by atoms with Crippen LogP contribution < -0.4 is 15.6 Å². The molecule has 0 aliphatic rings. The number of anilines is 1. The van der Waals surface area contributed by atoms with Crippen LogP contribution in [-0.2, 0) is 19.4 Å². The summed E-state index contributed by atoms with van der Waals surface area (Å²) in [6, 6.07) is 3.91. The molecular formula is C18H25N3O2. The summed E-state index contributed by atoms with van der Waals surface area (Å²) in [6.07, 6.45) is 1.75. The second kappa shape index (κ2) is 7.31. The smallest absolute Gasteiger partial charge is 0.271 e. The van der Waals surface area contributed by atoms with Gasteiger partial charge in [0.15, 0.2) is 0 Å². The molecule has 0 saturated heterocycles. The fourth-order valence-electron chi connectivity index (χ4n) is 2.67. The fourth-order valence-corrected chi connectivity index (χ4v) is 2.67. The lowest BCUT2D eigenvalue weighted by molar-refractivity contribution is 0.406. The number of H-pyrrole nitrogens is 1. The number of nitrogens with zero attached hydrogens (tertiary/aromatic N) is 1. The topological polar surface area (TPSA) is 67.0 Å². The number of aromatic amines is 1. The van der Waals surface area contributed by atoms with Gasteiger partial charge in [0.05, 0.1) is 13.7 Å². The van der Waals surface area contributed by atoms with Crippen LogP contribution in [0.1, 0.15) is 42.1 Å². The highest BCUT2D eigenvalue weighted by Crippen LogP contribution is 2.21. The van der Waals surface area contributed by atoms with Crippen molar-refractivity contribution >= 4 is 5.69 Å². The van der Waals surface area contributed by atoms with Crippen LogP contribution in [0.25, 0.3) is 0 Å². The first-order valence-electron chi connectivity index (χ1n) is 8.00. The average molecular weight is 315 g/mol. The third-order valence-electron chi connectivity index (χ3n) is 4.09. The quantitative estimate of drug-likeness (QED) is 0.859. The minimum Gasteiger partial charge on any atom is -0.495 e. The van der Waals surface area contributed by atoms with Gasteiger partial charge in [-0.3, -0.25) is 9.78 Å². The highest BCUT2D eigenvalue weighted by molar-refractivity contribution is 5.46. The van der Waals surface area contributed by atoms with Crippen molar-refractivity contribution in [2.45, 2.75) is 47.1 Å². The van der Waals surface area contributed by atoms with Crippen molar-refractivity contribution in [3.05, 3.63) is 50.7 Å². The van der Waals surface area contributed by atoms with E-state index in [-0.39, 0.29) is 5.56 Å². The first kappa shape index (κ1) is 17.1. The number of aryl methyl sites for hydroxylation is 4. The molecule has 0 aliphatic heterocycles. The Morgan fingerprint density at radius 3 is 2.52 bits per heavy atom. The van der Waals surface area contributed by atoms with E-state index in [9.17, 15) is 4.79 Å². The molecule has 124 valence electrons. The Morgan fingerprint density at radius 2 is 1.91 bits per heavy atom. The van der Waals surface area contributed by atoms with Gasteiger partial charge in [0.2, 0.25) is 0 Å². The van der Waals surface area contributed by atoms with Gasteiger partial charge in [-0.1, -0.05) is 13.8 Å². The lowest BCUT2D eigenvalue weighted by atomic mass is 10.1. The van der Waals surface area contributed by atoms with Gasteiger partial charge < -0.3 is 15.0 Å². The molecule has 5 nitrogen and oxygen atoms in total. The van der Waals surface area contributed by atoms with Crippen LogP contribution >= 0.6 is 0 Å². The van der Waals surface area contributed by atoms with Gasteiger partial charge >= 0.3 is 0 Å². The number of hydrogen-bond donors (Lipinski definition) is 2. The monoisotopic (exact) mass is 315 g/mol. The van der Waals surface area contributed by atoms with Crippen molar-refractivity contribution in [2.75, 3.05) is 12.4 Å². The molecule has 0 fully saturated rings. The Labute approximate surface area is 137 Å². The van der Waals surface area contributed by atoms with Crippen LogP contribution in [0.2, 0.25) is 0 Å². The molecule has 0 radical (unpaired) electrons. The zero-order valence-corrected chi connectivity index (χ0v) is 14.5. The van der Waals surface area contributed by atoms with E-state index >= 15 is 0 Å². The largest absolute Gasteiger partial charge is 0.495 e. The van der Waals surface area contributed by atoms with Crippen molar-refractivity contribution in [3.8, 4) is 5.75 Å². The maximum absolute atomic E-state index is 12.1. The van der Waals surface area contributed by atoms with E-state index < -0.39 is 0 Å². The van der Waals surface area contributed by atoms with Crippen molar-refractivity contribution < 1.29 is 4.74 Å². The third kappa shape index (κ3) is 3.73. The Hall–Kier alpha value is -2.30. The van der Waals surface area contributed by atoms with Crippen LogP contribution in [0.15, 0.2) is 16.9 Å². The third-order valence-corrected chi connectivity index (χ3v) is 4.09. The van der Waals surface area contributed by atoms with Gasteiger partial charge in [0, 0.05) is 11.4 Å². The zero-order valence-electron chi connectivity index (χ0n) is 14.5. The van der Waals surface area contributed by atoms with Crippen LogP contribution in [0, 0.1) is 13.8 Å². The molecule has 23 heavy (non-hydrogen) atoms. The second-order valence-corrected chi connectivity index (χ2v) is 5.62. The van der Waals surface area contributed by atoms with Crippen LogP contribution in [0.3, 0.4) is 0 Å². The first-order valence-corrected chi connectivity index (χ1v) is 8.00. The summed E-state index contributed by atoms with van der Waals surface area (Å²) < 4.78 is 5.42. The van der Waals surface area contributed by atoms with Crippen molar-refractivity contribution in [2.24, 2.45) is 0 Å². The Balaban J connectivity index is 2.29. The molecule has 0 amide bonds. The second-order valence-electron chi connectivity index (χ2n) is 5.62. The van der Waals surface area contributed by atoms with E-state index in [1.807, 2.05) is 26.0 Å². The van der Waals surface area contributed by atoms with Crippen LogP contribution in [0.5, 0.6) is 5.75 Å². The van der Waals surface area contributed by atoms with E-state index in [1.165, 1.54) is 0 Å². The maximum Gasteiger partial charge on any atom is 0.271 e. The highest BCUT2D eigenvalue weighted by Gasteiger charge is 2.11. The highest BCUT2D eigenvalue weighted by atomic mass is 16.5. The summed E-state index contributed by atoms with van der Waals surface area (Å²) in [6.45, 7) is 8.55. The lowest BCUT2D eigenvalue weighted by Crippen LogP contribution is -2.17. The SMILES string of the molecule is CCc1cc(NCc2nc(CC)c(C)cc2OC)c(=O)[nH]c1C. The van der Waals surface area contributed by atoms with Crippen molar-refractivity contribution in [1.29, 1.82) is 0 Å². The standard InChI is InChI=1S/C18H25N3O2/c1-6-13-9-15(18(22)20-12(13)4)19-10-16-17(23-5)8-11(3)14(7-2)21-16/h8-9,19H,6-7,10H2,1-5H3,(H,20,22). The molecule has 0 saturated carbocycles. The van der Waals surface area contributed by atoms with Gasteiger partial charge in [-0.25, -0.2) is 0 Å². The maximum atomic E-state index is 12.1. The number of nitrogens with one attached hydrogen (secondary N) is 2. The Bertz CT molecular complexity index is 751.